The number of hydrogen-bond acceptors (Lipinski definition) is 2. The number of para-hydroxylation sites is 4. The van der Waals surface area contributed by atoms with Crippen LogP contribution in [0.5, 0.6) is 0 Å². The van der Waals surface area contributed by atoms with Crippen LogP contribution < -0.4 is 9.80 Å². The Hall–Kier alpha value is -9.64. The topological polar surface area (TPSA) is 16.3 Å². The van der Waals surface area contributed by atoms with E-state index in [1.165, 1.54) is 43.4 Å². The van der Waals surface area contributed by atoms with Crippen molar-refractivity contribution in [2.45, 2.75) is 0 Å². The van der Waals surface area contributed by atoms with Gasteiger partial charge in [-0.15, -0.1) is 0 Å². The summed E-state index contributed by atoms with van der Waals surface area (Å²) in [4.78, 5) is 4.73. The van der Waals surface area contributed by atoms with Crippen molar-refractivity contribution >= 4 is 99.3 Å². The molecule has 2 heterocycles. The summed E-state index contributed by atoms with van der Waals surface area (Å²) in [5, 5.41) is 9.73. The van der Waals surface area contributed by atoms with Gasteiger partial charge >= 0.3 is 0 Å². The average molecular weight is 919 g/mol. The standard InChI is InChI=1S/C68H46N4/c1-5-22-51(23-6-1)69(52-24-7-2-8-25-52)57-39-41-65-63(45-57)68-67(71(65)55-36-34-48(35-37-55)62-44-50-21-15-16-30-59(50)60-31-17-18-32-61(60)62)64-46-58(70(53-26-9-3-10-27-53)54-28-11-4-12-29-54)40-42-66(64)72(68)56-38-33-47-19-13-14-20-49(47)43-56/h1-46H. The molecule has 0 bridgehead atoms. The molecule has 0 aliphatic carbocycles. The summed E-state index contributed by atoms with van der Waals surface area (Å²) in [5.41, 5.74) is 15.7. The SMILES string of the molecule is c1ccc(N(c2ccccc2)c2ccc3c(c2)c2c(c4cc(N(c5ccccc5)c5ccccc5)ccc4n2-c2ccc(-c4cc5ccccc5c5ccccc45)cc2)n3-c2ccc3ccccc3c2)cc1. The quantitative estimate of drug-likeness (QED) is 0.134. The van der Waals surface area contributed by atoms with Gasteiger partial charge in [-0.25, -0.2) is 0 Å². The van der Waals surface area contributed by atoms with Gasteiger partial charge in [0.25, 0.3) is 0 Å². The molecular formula is C68H46N4. The maximum atomic E-state index is 2.51. The summed E-state index contributed by atoms with van der Waals surface area (Å²) >= 11 is 0. The number of rotatable bonds is 9. The average Bonchev–Trinajstić information content (AvgIpc) is 3.96. The van der Waals surface area contributed by atoms with E-state index >= 15 is 0 Å². The van der Waals surface area contributed by atoms with Crippen LogP contribution in [0.2, 0.25) is 0 Å². The van der Waals surface area contributed by atoms with Crippen LogP contribution in [0.15, 0.2) is 279 Å². The second-order valence-corrected chi connectivity index (χ2v) is 18.6. The van der Waals surface area contributed by atoms with Crippen LogP contribution in [-0.4, -0.2) is 9.13 Å². The largest absolute Gasteiger partial charge is 0.310 e. The first-order chi connectivity index (χ1) is 35.7. The molecule has 0 fully saturated rings. The van der Waals surface area contributed by atoms with Crippen molar-refractivity contribution in [3.8, 4) is 22.5 Å². The molecule has 12 aromatic carbocycles. The third-order valence-electron chi connectivity index (χ3n) is 14.4. The molecule has 0 amide bonds. The van der Waals surface area contributed by atoms with E-state index in [2.05, 4.69) is 298 Å². The van der Waals surface area contributed by atoms with Crippen LogP contribution in [0.4, 0.5) is 34.1 Å². The highest BCUT2D eigenvalue weighted by atomic mass is 15.2. The van der Waals surface area contributed by atoms with E-state index in [0.29, 0.717) is 0 Å². The van der Waals surface area contributed by atoms with Gasteiger partial charge in [0.2, 0.25) is 0 Å². The molecule has 4 heteroatoms. The van der Waals surface area contributed by atoms with Crippen molar-refractivity contribution in [2.75, 3.05) is 9.80 Å². The Labute approximate surface area is 417 Å². The number of nitrogens with zero attached hydrogens (tertiary/aromatic N) is 4. The molecule has 72 heavy (non-hydrogen) atoms. The molecule has 0 saturated heterocycles. The third-order valence-corrected chi connectivity index (χ3v) is 14.4. The van der Waals surface area contributed by atoms with E-state index in [4.69, 9.17) is 0 Å². The minimum atomic E-state index is 1.08. The smallest absolute Gasteiger partial charge is 0.0804 e. The highest BCUT2D eigenvalue weighted by Crippen LogP contribution is 2.47. The van der Waals surface area contributed by atoms with Gasteiger partial charge in [-0.2, -0.15) is 0 Å². The van der Waals surface area contributed by atoms with Gasteiger partial charge in [-0.3, -0.25) is 0 Å². The maximum Gasteiger partial charge on any atom is 0.0804 e. The predicted octanol–water partition coefficient (Wildman–Crippen LogP) is 18.8. The van der Waals surface area contributed by atoms with E-state index in [1.807, 2.05) is 0 Å². The second-order valence-electron chi connectivity index (χ2n) is 18.6. The molecule has 0 radical (unpaired) electrons. The first kappa shape index (κ1) is 41.3. The molecule has 2 aromatic heterocycles. The normalized spacial score (nSPS) is 11.6. The lowest BCUT2D eigenvalue weighted by atomic mass is 9.93. The van der Waals surface area contributed by atoms with Gasteiger partial charge in [0.05, 0.1) is 22.1 Å². The summed E-state index contributed by atoms with van der Waals surface area (Å²) in [6.45, 7) is 0. The zero-order valence-electron chi connectivity index (χ0n) is 39.3. The first-order valence-corrected chi connectivity index (χ1v) is 24.7. The molecular weight excluding hydrogens is 873 g/mol. The minimum Gasteiger partial charge on any atom is -0.310 e. The van der Waals surface area contributed by atoms with Gasteiger partial charge in [0.15, 0.2) is 0 Å². The fourth-order valence-electron chi connectivity index (χ4n) is 11.2. The Balaban J connectivity index is 1.08. The summed E-state index contributed by atoms with van der Waals surface area (Å²) in [5.74, 6) is 0. The Morgan fingerprint density at radius 3 is 1.18 bits per heavy atom. The summed E-state index contributed by atoms with van der Waals surface area (Å²) in [6, 6.07) is 102. The minimum absolute atomic E-state index is 1.08. The highest BCUT2D eigenvalue weighted by molar-refractivity contribution is 6.21. The lowest BCUT2D eigenvalue weighted by Gasteiger charge is -2.26. The van der Waals surface area contributed by atoms with E-state index in [-0.39, 0.29) is 0 Å². The van der Waals surface area contributed by atoms with Crippen molar-refractivity contribution < 1.29 is 0 Å². The molecule has 4 nitrogen and oxygen atoms in total. The van der Waals surface area contributed by atoms with Crippen LogP contribution in [0.1, 0.15) is 0 Å². The molecule has 0 aliphatic rings. The molecule has 0 unspecified atom stereocenters. The number of benzene rings is 12. The van der Waals surface area contributed by atoms with E-state index in [0.717, 1.165) is 78.3 Å². The zero-order chi connectivity index (χ0) is 47.5. The number of aromatic nitrogens is 2. The van der Waals surface area contributed by atoms with Crippen LogP contribution in [0.3, 0.4) is 0 Å². The predicted molar refractivity (Wildman–Crippen MR) is 305 cm³/mol. The van der Waals surface area contributed by atoms with Gasteiger partial charge in [-0.05, 0) is 159 Å². The number of fused-ring (bicyclic) bond motifs is 9. The summed E-state index contributed by atoms with van der Waals surface area (Å²) in [7, 11) is 0. The number of hydrogen-bond donors (Lipinski definition) is 0. The Morgan fingerprint density at radius 1 is 0.236 bits per heavy atom. The molecule has 14 rings (SSSR count). The van der Waals surface area contributed by atoms with Crippen molar-refractivity contribution in [2.24, 2.45) is 0 Å². The first-order valence-electron chi connectivity index (χ1n) is 24.7. The lowest BCUT2D eigenvalue weighted by Crippen LogP contribution is -2.09. The van der Waals surface area contributed by atoms with Gasteiger partial charge in [0.1, 0.15) is 0 Å². The van der Waals surface area contributed by atoms with Crippen LogP contribution in [0, 0.1) is 0 Å². The number of anilines is 6. The lowest BCUT2D eigenvalue weighted by molar-refractivity contribution is 1.18. The molecule has 0 atom stereocenters. The maximum absolute atomic E-state index is 2.51. The van der Waals surface area contributed by atoms with Gasteiger partial charge in [-0.1, -0.05) is 164 Å². The third kappa shape index (κ3) is 6.84. The Kier molecular flexibility index (Phi) is 9.82. The molecule has 0 aliphatic heterocycles. The summed E-state index contributed by atoms with van der Waals surface area (Å²) in [6.07, 6.45) is 0. The fourth-order valence-corrected chi connectivity index (χ4v) is 11.2. The molecule has 14 aromatic rings. The Morgan fingerprint density at radius 2 is 0.653 bits per heavy atom. The van der Waals surface area contributed by atoms with Crippen LogP contribution in [-0.2, 0) is 0 Å². The van der Waals surface area contributed by atoms with E-state index in [9.17, 15) is 0 Å². The fraction of sp³-hybridized carbons (Fsp3) is 0. The Bertz CT molecular complexity index is 4140. The van der Waals surface area contributed by atoms with E-state index in [1.54, 1.807) is 0 Å². The van der Waals surface area contributed by atoms with E-state index < -0.39 is 0 Å². The highest BCUT2D eigenvalue weighted by Gasteiger charge is 2.26. The monoisotopic (exact) mass is 918 g/mol. The van der Waals surface area contributed by atoms with Crippen molar-refractivity contribution in [3.05, 3.63) is 279 Å². The molecule has 0 saturated carbocycles. The second kappa shape index (κ2) is 17.1. The van der Waals surface area contributed by atoms with Crippen LogP contribution >= 0.6 is 0 Å². The van der Waals surface area contributed by atoms with Gasteiger partial charge < -0.3 is 18.9 Å². The molecule has 0 N–H and O–H groups in total. The van der Waals surface area contributed by atoms with Gasteiger partial charge in [0, 0.05) is 56.3 Å². The zero-order valence-corrected chi connectivity index (χ0v) is 39.3. The van der Waals surface area contributed by atoms with Crippen molar-refractivity contribution in [1.82, 2.24) is 9.13 Å². The molecule has 338 valence electrons. The molecule has 0 spiro atoms. The van der Waals surface area contributed by atoms with Crippen molar-refractivity contribution in [1.29, 1.82) is 0 Å². The van der Waals surface area contributed by atoms with Crippen molar-refractivity contribution in [3.63, 3.8) is 0 Å². The summed E-state index contributed by atoms with van der Waals surface area (Å²) < 4.78 is 5.01. The van der Waals surface area contributed by atoms with Crippen LogP contribution in [0.25, 0.3) is 87.7 Å².